The van der Waals surface area contributed by atoms with Crippen LogP contribution in [0.3, 0.4) is 0 Å². The predicted molar refractivity (Wildman–Crippen MR) is 128 cm³/mol. The third-order valence-electron chi connectivity index (χ3n) is 10.8. The van der Waals surface area contributed by atoms with Gasteiger partial charge in [0.1, 0.15) is 6.07 Å². The lowest BCUT2D eigenvalue weighted by Gasteiger charge is -2.58. The molecular weight excluding hydrogens is 410 g/mol. The number of ether oxygens (including phenoxy) is 1. The minimum absolute atomic E-state index is 0.210. The number of rotatable bonds is 5. The quantitative estimate of drug-likeness (QED) is 0.645. The van der Waals surface area contributed by atoms with Gasteiger partial charge in [-0.25, -0.2) is 0 Å². The van der Waals surface area contributed by atoms with Crippen molar-refractivity contribution >= 4 is 0 Å². The fourth-order valence-corrected chi connectivity index (χ4v) is 9.63. The molecule has 4 aliphatic rings. The van der Waals surface area contributed by atoms with Gasteiger partial charge in [-0.05, 0) is 111 Å². The second-order valence-corrected chi connectivity index (χ2v) is 13.0. The van der Waals surface area contributed by atoms with E-state index in [0.717, 1.165) is 42.6 Å². The van der Waals surface area contributed by atoms with Gasteiger partial charge in [0, 0.05) is 13.3 Å². The lowest BCUT2D eigenvalue weighted by molar-refractivity contribution is -0.121. The Morgan fingerprint density at radius 1 is 1.15 bits per heavy atom. The number of aromatic nitrogens is 2. The Morgan fingerprint density at radius 2 is 1.94 bits per heavy atom. The van der Waals surface area contributed by atoms with Gasteiger partial charge in [0.25, 0.3) is 0 Å². The zero-order valence-corrected chi connectivity index (χ0v) is 21.1. The molecule has 182 valence electrons. The Kier molecular flexibility index (Phi) is 5.93. The first-order valence-corrected chi connectivity index (χ1v) is 13.3. The molecule has 33 heavy (non-hydrogen) atoms. The predicted octanol–water partition coefficient (Wildman–Crippen LogP) is 5.43. The van der Waals surface area contributed by atoms with Gasteiger partial charge in [0.15, 0.2) is 0 Å². The van der Waals surface area contributed by atoms with Crippen LogP contribution < -0.4 is 0 Å². The average Bonchev–Trinajstić information content (AvgIpc) is 3.36. The second kappa shape index (κ2) is 8.38. The van der Waals surface area contributed by atoms with Crippen molar-refractivity contribution < 1.29 is 9.84 Å². The maximum absolute atomic E-state index is 11.7. The fourth-order valence-electron chi connectivity index (χ4n) is 9.63. The van der Waals surface area contributed by atoms with E-state index in [4.69, 9.17) is 10.00 Å². The third-order valence-corrected chi connectivity index (χ3v) is 10.8. The number of hydrogen-bond donors (Lipinski definition) is 1. The van der Waals surface area contributed by atoms with E-state index in [1.807, 2.05) is 14.0 Å². The van der Waals surface area contributed by atoms with Crippen LogP contribution in [0.25, 0.3) is 0 Å². The van der Waals surface area contributed by atoms with Crippen molar-refractivity contribution in [2.45, 2.75) is 90.7 Å². The minimum Gasteiger partial charge on any atom is -0.388 e. The van der Waals surface area contributed by atoms with Crippen molar-refractivity contribution in [3.63, 3.8) is 0 Å². The number of hydrogen-bond acceptors (Lipinski definition) is 4. The summed E-state index contributed by atoms with van der Waals surface area (Å²) in [5.41, 5.74) is 0.342. The van der Waals surface area contributed by atoms with Gasteiger partial charge in [-0.1, -0.05) is 13.8 Å². The van der Waals surface area contributed by atoms with E-state index in [9.17, 15) is 5.11 Å². The maximum Gasteiger partial charge on any atom is 0.102 e. The van der Waals surface area contributed by atoms with Crippen molar-refractivity contribution in [1.29, 1.82) is 5.26 Å². The molecule has 0 spiro atoms. The lowest BCUT2D eigenvalue weighted by atomic mass is 9.47. The Morgan fingerprint density at radius 3 is 2.67 bits per heavy atom. The van der Waals surface area contributed by atoms with Gasteiger partial charge in [0.2, 0.25) is 0 Å². The highest BCUT2D eigenvalue weighted by Gasteiger charge is 2.60. The van der Waals surface area contributed by atoms with Gasteiger partial charge >= 0.3 is 0 Å². The number of nitriles is 1. The van der Waals surface area contributed by atoms with Gasteiger partial charge in [-0.15, -0.1) is 0 Å². The molecule has 1 heterocycles. The number of nitrogens with zero attached hydrogens (tertiary/aromatic N) is 3. The first-order chi connectivity index (χ1) is 15.7. The molecule has 0 amide bonds. The van der Waals surface area contributed by atoms with Gasteiger partial charge in [-0.2, -0.15) is 10.4 Å². The zero-order chi connectivity index (χ0) is 23.4. The van der Waals surface area contributed by atoms with Gasteiger partial charge < -0.3 is 9.84 Å². The molecule has 4 saturated carbocycles. The summed E-state index contributed by atoms with van der Waals surface area (Å²) < 4.78 is 7.36. The number of methoxy groups -OCH3 is 1. The van der Waals surface area contributed by atoms with E-state index in [2.05, 4.69) is 25.0 Å². The summed E-state index contributed by atoms with van der Waals surface area (Å²) in [6.45, 7) is 8.33. The van der Waals surface area contributed by atoms with E-state index in [1.54, 1.807) is 17.1 Å². The SMILES string of the molecule is COC[C@@]1(C)CC[C@H]2[C@H](CC[C@@H]3[C@@H]2CC[C@@]2(C)[C@H]3CC[C@@H]2[C@@](C)(O)Cn2cc(C#N)cn2)C1. The lowest BCUT2D eigenvalue weighted by Crippen LogP contribution is -2.53. The van der Waals surface area contributed by atoms with Crippen LogP contribution >= 0.6 is 0 Å². The summed E-state index contributed by atoms with van der Waals surface area (Å²) >= 11 is 0. The first kappa shape index (κ1) is 23.4. The highest BCUT2D eigenvalue weighted by atomic mass is 16.5. The molecule has 0 saturated heterocycles. The highest BCUT2D eigenvalue weighted by Crippen LogP contribution is 2.66. The normalized spacial score (nSPS) is 44.2. The van der Waals surface area contributed by atoms with E-state index < -0.39 is 5.60 Å². The standard InChI is InChI=1S/C28H43N3O2/c1-26(18-33-4)11-9-21-20(13-26)5-6-23-22(21)10-12-27(2)24(23)7-8-25(27)28(3,32)17-31-16-19(14-29)15-30-31/h15-16,20-25,32H,5-13,17-18H2,1-4H3/t20-,21+,22-,23-,24+,25+,26+,27+,28+/m1/s1. The number of aliphatic hydroxyl groups is 1. The molecule has 0 bridgehead atoms. The van der Waals surface area contributed by atoms with Gasteiger partial charge in [0.05, 0.1) is 30.5 Å². The van der Waals surface area contributed by atoms with Crippen LogP contribution in [-0.4, -0.2) is 34.2 Å². The molecule has 0 unspecified atom stereocenters. The molecule has 1 aromatic rings. The van der Waals surface area contributed by atoms with Crippen molar-refractivity contribution in [3.05, 3.63) is 18.0 Å². The summed E-state index contributed by atoms with van der Waals surface area (Å²) in [6, 6.07) is 2.15. The van der Waals surface area contributed by atoms with Crippen molar-refractivity contribution in [2.75, 3.05) is 13.7 Å². The Balaban J connectivity index is 1.31. The summed E-state index contributed by atoms with van der Waals surface area (Å²) in [5, 5.41) is 25.2. The molecule has 5 rings (SSSR count). The van der Waals surface area contributed by atoms with Crippen molar-refractivity contribution in [1.82, 2.24) is 9.78 Å². The van der Waals surface area contributed by atoms with Crippen molar-refractivity contribution in [3.8, 4) is 6.07 Å². The summed E-state index contributed by atoms with van der Waals surface area (Å²) in [5.74, 6) is 4.56. The zero-order valence-electron chi connectivity index (χ0n) is 21.1. The Labute approximate surface area is 199 Å². The Bertz CT molecular complexity index is 903. The molecule has 4 fully saturated rings. The van der Waals surface area contributed by atoms with Crippen LogP contribution in [0.2, 0.25) is 0 Å². The largest absolute Gasteiger partial charge is 0.388 e. The van der Waals surface area contributed by atoms with E-state index in [-0.39, 0.29) is 5.41 Å². The van der Waals surface area contributed by atoms with Crippen LogP contribution in [0.5, 0.6) is 0 Å². The molecular formula is C28H43N3O2. The smallest absolute Gasteiger partial charge is 0.102 e. The highest BCUT2D eigenvalue weighted by molar-refractivity contribution is 5.21. The average molecular weight is 454 g/mol. The van der Waals surface area contributed by atoms with Crippen LogP contribution in [0.15, 0.2) is 12.4 Å². The van der Waals surface area contributed by atoms with Crippen LogP contribution in [0, 0.1) is 57.7 Å². The molecule has 0 aliphatic heterocycles. The fraction of sp³-hybridized carbons (Fsp3) is 0.857. The Hall–Kier alpha value is -1.38. The molecule has 1 aromatic heterocycles. The van der Waals surface area contributed by atoms with Crippen LogP contribution in [0.4, 0.5) is 0 Å². The molecule has 5 nitrogen and oxygen atoms in total. The molecule has 9 atom stereocenters. The van der Waals surface area contributed by atoms with Crippen molar-refractivity contribution in [2.24, 2.45) is 46.3 Å². The summed E-state index contributed by atoms with van der Waals surface area (Å²) in [4.78, 5) is 0. The molecule has 1 N–H and O–H groups in total. The summed E-state index contributed by atoms with van der Waals surface area (Å²) in [6.07, 6.45) is 15.2. The van der Waals surface area contributed by atoms with E-state index in [0.29, 0.717) is 23.4 Å². The van der Waals surface area contributed by atoms with Gasteiger partial charge in [-0.3, -0.25) is 4.68 Å². The topological polar surface area (TPSA) is 71.1 Å². The van der Waals surface area contributed by atoms with E-state index in [1.165, 1.54) is 51.4 Å². The molecule has 4 aliphatic carbocycles. The monoisotopic (exact) mass is 453 g/mol. The van der Waals surface area contributed by atoms with Crippen LogP contribution in [-0.2, 0) is 11.3 Å². The van der Waals surface area contributed by atoms with Crippen LogP contribution in [0.1, 0.15) is 84.1 Å². The maximum atomic E-state index is 11.7. The number of fused-ring (bicyclic) bond motifs is 5. The second-order valence-electron chi connectivity index (χ2n) is 13.0. The first-order valence-electron chi connectivity index (χ1n) is 13.3. The minimum atomic E-state index is -0.806. The molecule has 0 aromatic carbocycles. The summed E-state index contributed by atoms with van der Waals surface area (Å²) in [7, 11) is 1.86. The third kappa shape index (κ3) is 3.96. The van der Waals surface area contributed by atoms with E-state index >= 15 is 0 Å². The molecule has 0 radical (unpaired) electrons. The molecule has 5 heteroatoms.